The van der Waals surface area contributed by atoms with Crippen molar-refractivity contribution in [3.8, 4) is 0 Å². The van der Waals surface area contributed by atoms with Crippen LogP contribution in [0.1, 0.15) is 31.7 Å². The molecule has 0 spiro atoms. The third-order valence-electron chi connectivity index (χ3n) is 2.21. The van der Waals surface area contributed by atoms with Gasteiger partial charge in [-0.3, -0.25) is 14.9 Å². The molecule has 19 heavy (non-hydrogen) atoms. The van der Waals surface area contributed by atoms with E-state index in [1.807, 2.05) is 0 Å². The standard InChI is InChI=1S/C11H15N3O4S/c1-11(2,9-12-5-6-19-9)14-10(18)13-7(15)3-4-8(16)17/h5-6H,3-4H2,1-2H3,(H,16,17)(H2,13,14,15,18). The number of hydrogen-bond donors (Lipinski definition) is 3. The Kier molecular flexibility index (Phi) is 4.99. The van der Waals surface area contributed by atoms with E-state index in [-0.39, 0.29) is 12.8 Å². The average Bonchev–Trinajstić information content (AvgIpc) is 2.79. The first-order chi connectivity index (χ1) is 8.81. The van der Waals surface area contributed by atoms with Crippen molar-refractivity contribution < 1.29 is 19.5 Å². The number of hydrogen-bond acceptors (Lipinski definition) is 5. The van der Waals surface area contributed by atoms with E-state index >= 15 is 0 Å². The topological polar surface area (TPSA) is 108 Å². The summed E-state index contributed by atoms with van der Waals surface area (Å²) < 4.78 is 0. The summed E-state index contributed by atoms with van der Waals surface area (Å²) in [7, 11) is 0. The number of thiazole rings is 1. The molecule has 1 rings (SSSR count). The molecule has 0 unspecified atom stereocenters. The molecular formula is C11H15N3O4S. The predicted molar refractivity (Wildman–Crippen MR) is 68.7 cm³/mol. The van der Waals surface area contributed by atoms with Crippen molar-refractivity contribution in [2.45, 2.75) is 32.2 Å². The van der Waals surface area contributed by atoms with Crippen LogP contribution >= 0.6 is 11.3 Å². The molecule has 104 valence electrons. The van der Waals surface area contributed by atoms with Crippen molar-refractivity contribution in [1.82, 2.24) is 15.6 Å². The first-order valence-electron chi connectivity index (χ1n) is 5.55. The second-order valence-electron chi connectivity index (χ2n) is 4.36. The highest BCUT2D eigenvalue weighted by Crippen LogP contribution is 2.21. The Morgan fingerprint density at radius 2 is 2.05 bits per heavy atom. The molecule has 0 aliphatic heterocycles. The molecule has 0 fully saturated rings. The van der Waals surface area contributed by atoms with Crippen molar-refractivity contribution in [1.29, 1.82) is 0 Å². The number of carbonyl (C=O) groups is 3. The minimum Gasteiger partial charge on any atom is -0.481 e. The number of aromatic nitrogens is 1. The summed E-state index contributed by atoms with van der Waals surface area (Å²) in [5.41, 5.74) is -0.703. The van der Waals surface area contributed by atoms with E-state index in [0.29, 0.717) is 5.01 Å². The van der Waals surface area contributed by atoms with Crippen LogP contribution in [0.15, 0.2) is 11.6 Å². The maximum absolute atomic E-state index is 11.6. The molecule has 0 saturated carbocycles. The number of urea groups is 1. The van der Waals surface area contributed by atoms with Gasteiger partial charge in [0, 0.05) is 18.0 Å². The van der Waals surface area contributed by atoms with Gasteiger partial charge < -0.3 is 10.4 Å². The molecule has 0 aromatic carbocycles. The van der Waals surface area contributed by atoms with Crippen molar-refractivity contribution in [3.63, 3.8) is 0 Å². The van der Waals surface area contributed by atoms with E-state index in [4.69, 9.17) is 5.11 Å². The number of nitrogens with one attached hydrogen (secondary N) is 2. The van der Waals surface area contributed by atoms with E-state index in [9.17, 15) is 14.4 Å². The van der Waals surface area contributed by atoms with Gasteiger partial charge in [0.25, 0.3) is 0 Å². The van der Waals surface area contributed by atoms with Crippen LogP contribution in [-0.4, -0.2) is 28.0 Å². The molecule has 3 N–H and O–H groups in total. The summed E-state index contributed by atoms with van der Waals surface area (Å²) in [6, 6.07) is -0.671. The van der Waals surface area contributed by atoms with Crippen LogP contribution in [0.2, 0.25) is 0 Å². The number of imide groups is 1. The lowest BCUT2D eigenvalue weighted by Gasteiger charge is -2.23. The van der Waals surface area contributed by atoms with Gasteiger partial charge in [-0.15, -0.1) is 11.3 Å². The molecule has 1 aromatic heterocycles. The highest BCUT2D eigenvalue weighted by Gasteiger charge is 2.26. The minimum absolute atomic E-state index is 0.236. The first-order valence-corrected chi connectivity index (χ1v) is 6.43. The van der Waals surface area contributed by atoms with E-state index in [1.54, 1.807) is 25.4 Å². The van der Waals surface area contributed by atoms with Gasteiger partial charge in [0.1, 0.15) is 5.01 Å². The Hall–Kier alpha value is -1.96. The second-order valence-corrected chi connectivity index (χ2v) is 5.25. The van der Waals surface area contributed by atoms with E-state index < -0.39 is 23.4 Å². The summed E-state index contributed by atoms with van der Waals surface area (Å²) in [5, 5.41) is 15.6. The van der Waals surface area contributed by atoms with Gasteiger partial charge in [-0.05, 0) is 13.8 Å². The SMILES string of the molecule is CC(C)(NC(=O)NC(=O)CCC(=O)O)c1nccs1. The zero-order valence-electron chi connectivity index (χ0n) is 10.6. The van der Waals surface area contributed by atoms with Gasteiger partial charge in [-0.1, -0.05) is 0 Å². The van der Waals surface area contributed by atoms with Crippen molar-refractivity contribution >= 4 is 29.2 Å². The van der Waals surface area contributed by atoms with Gasteiger partial charge in [-0.2, -0.15) is 0 Å². The third kappa shape index (κ3) is 5.04. The summed E-state index contributed by atoms with van der Waals surface area (Å²) in [4.78, 5) is 37.3. The number of carboxylic acid groups (broad SMARTS) is 1. The van der Waals surface area contributed by atoms with Gasteiger partial charge in [0.15, 0.2) is 0 Å². The zero-order valence-corrected chi connectivity index (χ0v) is 11.4. The fourth-order valence-electron chi connectivity index (χ4n) is 1.31. The van der Waals surface area contributed by atoms with Gasteiger partial charge in [0.2, 0.25) is 5.91 Å². The Morgan fingerprint density at radius 1 is 1.37 bits per heavy atom. The highest BCUT2D eigenvalue weighted by atomic mass is 32.1. The molecule has 1 aromatic rings. The lowest BCUT2D eigenvalue weighted by molar-refractivity contribution is -0.138. The quantitative estimate of drug-likeness (QED) is 0.750. The van der Waals surface area contributed by atoms with Crippen LogP contribution in [0.4, 0.5) is 4.79 Å². The number of nitrogens with zero attached hydrogens (tertiary/aromatic N) is 1. The molecule has 0 bridgehead atoms. The monoisotopic (exact) mass is 285 g/mol. The molecule has 1 heterocycles. The number of carbonyl (C=O) groups excluding carboxylic acids is 2. The molecule has 7 nitrogen and oxygen atoms in total. The Bertz CT molecular complexity index is 470. The maximum Gasteiger partial charge on any atom is 0.322 e. The normalized spacial score (nSPS) is 10.8. The van der Waals surface area contributed by atoms with Gasteiger partial charge >= 0.3 is 12.0 Å². The summed E-state index contributed by atoms with van der Waals surface area (Å²) in [6.45, 7) is 3.51. The summed E-state index contributed by atoms with van der Waals surface area (Å²) >= 11 is 1.39. The molecule has 8 heteroatoms. The van der Waals surface area contributed by atoms with E-state index in [1.165, 1.54) is 11.3 Å². The van der Waals surface area contributed by atoms with E-state index in [0.717, 1.165) is 0 Å². The number of rotatable bonds is 5. The van der Waals surface area contributed by atoms with Gasteiger partial charge in [-0.25, -0.2) is 9.78 Å². The predicted octanol–water partition coefficient (Wildman–Crippen LogP) is 1.07. The zero-order chi connectivity index (χ0) is 14.5. The fourth-order valence-corrected chi connectivity index (χ4v) is 2.03. The minimum atomic E-state index is -1.08. The Labute approximate surface area is 114 Å². The Morgan fingerprint density at radius 3 is 2.58 bits per heavy atom. The molecule has 3 amide bonds. The van der Waals surface area contributed by atoms with Crippen LogP contribution in [0.25, 0.3) is 0 Å². The summed E-state index contributed by atoms with van der Waals surface area (Å²) in [6.07, 6.45) is 1.08. The first kappa shape index (κ1) is 15.1. The molecule has 0 atom stereocenters. The highest BCUT2D eigenvalue weighted by molar-refractivity contribution is 7.09. The molecule has 0 saturated heterocycles. The van der Waals surface area contributed by atoms with E-state index in [2.05, 4.69) is 15.6 Å². The third-order valence-corrected chi connectivity index (χ3v) is 3.31. The van der Waals surface area contributed by atoms with Crippen molar-refractivity contribution in [2.75, 3.05) is 0 Å². The number of carboxylic acids is 1. The van der Waals surface area contributed by atoms with Crippen LogP contribution in [0.5, 0.6) is 0 Å². The smallest absolute Gasteiger partial charge is 0.322 e. The second kappa shape index (κ2) is 6.28. The lowest BCUT2D eigenvalue weighted by atomic mass is 10.1. The Balaban J connectivity index is 2.47. The van der Waals surface area contributed by atoms with Crippen LogP contribution in [0.3, 0.4) is 0 Å². The molecule has 0 aliphatic rings. The number of aliphatic carboxylic acids is 1. The maximum atomic E-state index is 11.6. The molecule has 0 radical (unpaired) electrons. The fraction of sp³-hybridized carbons (Fsp3) is 0.455. The van der Waals surface area contributed by atoms with Crippen LogP contribution in [-0.2, 0) is 15.1 Å². The molecule has 0 aliphatic carbocycles. The lowest BCUT2D eigenvalue weighted by Crippen LogP contribution is -2.48. The largest absolute Gasteiger partial charge is 0.481 e. The van der Waals surface area contributed by atoms with Crippen LogP contribution < -0.4 is 10.6 Å². The number of amides is 3. The van der Waals surface area contributed by atoms with Crippen molar-refractivity contribution in [3.05, 3.63) is 16.6 Å². The average molecular weight is 285 g/mol. The molecular weight excluding hydrogens is 270 g/mol. The van der Waals surface area contributed by atoms with Gasteiger partial charge in [0.05, 0.1) is 12.0 Å². The summed E-state index contributed by atoms with van der Waals surface area (Å²) in [5.74, 6) is -1.71. The van der Waals surface area contributed by atoms with Crippen LogP contribution in [0, 0.1) is 0 Å². The van der Waals surface area contributed by atoms with Crippen molar-refractivity contribution in [2.24, 2.45) is 0 Å².